The van der Waals surface area contributed by atoms with Crippen LogP contribution >= 0.6 is 0 Å². The summed E-state index contributed by atoms with van der Waals surface area (Å²) >= 11 is 0. The van der Waals surface area contributed by atoms with Crippen LogP contribution in [0.5, 0.6) is 0 Å². The maximum atomic E-state index is 11.6. The molecule has 88 valence electrons. The van der Waals surface area contributed by atoms with Crippen LogP contribution in [0.3, 0.4) is 0 Å². The Balaban J connectivity index is 2.28. The average Bonchev–Trinajstić information content (AvgIpc) is 2.38. The van der Waals surface area contributed by atoms with E-state index >= 15 is 0 Å². The van der Waals surface area contributed by atoms with Gasteiger partial charge in [0.2, 0.25) is 0 Å². The second-order valence-corrected chi connectivity index (χ2v) is 3.41. The number of nitrogens with zero attached hydrogens (tertiary/aromatic N) is 3. The third-order valence-corrected chi connectivity index (χ3v) is 2.24. The summed E-state index contributed by atoms with van der Waals surface area (Å²) < 4.78 is 6.30. The van der Waals surface area contributed by atoms with Gasteiger partial charge in [-0.05, 0) is 6.92 Å². The Morgan fingerprint density at radius 3 is 2.71 bits per heavy atom. The van der Waals surface area contributed by atoms with Gasteiger partial charge < -0.3 is 4.74 Å². The monoisotopic (exact) mass is 231 g/mol. The van der Waals surface area contributed by atoms with Gasteiger partial charge in [0.15, 0.2) is 0 Å². The molecule has 0 spiro atoms. The summed E-state index contributed by atoms with van der Waals surface area (Å²) in [7, 11) is 0. The first-order valence-electron chi connectivity index (χ1n) is 5.38. The Kier molecular flexibility index (Phi) is 3.62. The van der Waals surface area contributed by atoms with E-state index in [9.17, 15) is 4.79 Å². The fourth-order valence-electron chi connectivity index (χ4n) is 1.38. The van der Waals surface area contributed by atoms with Gasteiger partial charge >= 0.3 is 5.69 Å². The van der Waals surface area contributed by atoms with Crippen molar-refractivity contribution in [3.63, 3.8) is 0 Å². The van der Waals surface area contributed by atoms with Crippen molar-refractivity contribution in [2.75, 3.05) is 6.61 Å². The molecule has 0 atom stereocenters. The number of hydrogen-bond donors (Lipinski definition) is 0. The van der Waals surface area contributed by atoms with Crippen molar-refractivity contribution in [2.45, 2.75) is 13.7 Å². The van der Waals surface area contributed by atoms with Crippen LogP contribution in [0.1, 0.15) is 6.92 Å². The summed E-state index contributed by atoms with van der Waals surface area (Å²) in [5.74, 6) is 0. The molecule has 0 saturated carbocycles. The first kappa shape index (κ1) is 11.5. The zero-order valence-electron chi connectivity index (χ0n) is 9.54. The first-order chi connectivity index (χ1) is 8.31. The molecule has 0 unspecified atom stereocenters. The topological polar surface area (TPSA) is 57.0 Å². The highest BCUT2D eigenvalue weighted by atomic mass is 16.5. The second kappa shape index (κ2) is 5.36. The number of ether oxygens (including phenoxy) is 1. The van der Waals surface area contributed by atoms with Crippen molar-refractivity contribution < 1.29 is 4.74 Å². The van der Waals surface area contributed by atoms with Crippen LogP contribution in [0.4, 0.5) is 0 Å². The molecule has 0 amide bonds. The number of benzene rings is 1. The lowest BCUT2D eigenvalue weighted by Crippen LogP contribution is -2.26. The van der Waals surface area contributed by atoms with Gasteiger partial charge in [-0.2, -0.15) is 14.8 Å². The summed E-state index contributed by atoms with van der Waals surface area (Å²) in [6.07, 6.45) is 1.57. The fourth-order valence-corrected chi connectivity index (χ4v) is 1.38. The van der Waals surface area contributed by atoms with Crippen LogP contribution in [0, 0.1) is 0 Å². The van der Waals surface area contributed by atoms with E-state index in [0.29, 0.717) is 12.3 Å². The highest BCUT2D eigenvalue weighted by molar-refractivity contribution is 5.56. The normalized spacial score (nSPS) is 10.4. The number of hydrogen-bond acceptors (Lipinski definition) is 4. The Morgan fingerprint density at radius 1 is 1.29 bits per heavy atom. The van der Waals surface area contributed by atoms with E-state index in [0.717, 1.165) is 5.56 Å². The minimum atomic E-state index is -0.403. The van der Waals surface area contributed by atoms with Crippen LogP contribution in [0.25, 0.3) is 11.3 Å². The Hall–Kier alpha value is -2.01. The lowest BCUT2D eigenvalue weighted by atomic mass is 10.2. The highest BCUT2D eigenvalue weighted by Gasteiger charge is 2.03. The van der Waals surface area contributed by atoms with E-state index in [1.54, 1.807) is 6.20 Å². The maximum absolute atomic E-state index is 11.6. The molecule has 1 aromatic carbocycles. The lowest BCUT2D eigenvalue weighted by Gasteiger charge is -2.04. The van der Waals surface area contributed by atoms with Crippen LogP contribution in [0.15, 0.2) is 41.3 Å². The molecule has 0 saturated heterocycles. The third kappa shape index (κ3) is 2.76. The molecule has 1 aromatic heterocycles. The molecule has 1 heterocycles. The van der Waals surface area contributed by atoms with Crippen molar-refractivity contribution in [1.82, 2.24) is 14.8 Å². The molecule has 5 nitrogen and oxygen atoms in total. The Morgan fingerprint density at radius 2 is 2.06 bits per heavy atom. The molecule has 17 heavy (non-hydrogen) atoms. The summed E-state index contributed by atoms with van der Waals surface area (Å²) in [5.41, 5.74) is 1.05. The van der Waals surface area contributed by atoms with E-state index in [2.05, 4.69) is 10.1 Å². The predicted molar refractivity (Wildman–Crippen MR) is 63.4 cm³/mol. The van der Waals surface area contributed by atoms with E-state index in [-0.39, 0.29) is 6.73 Å². The van der Waals surface area contributed by atoms with E-state index in [1.165, 1.54) is 4.68 Å². The molecule has 0 N–H and O–H groups in total. The Labute approximate surface area is 98.7 Å². The zero-order chi connectivity index (χ0) is 12.1. The lowest BCUT2D eigenvalue weighted by molar-refractivity contribution is 0.0744. The molecule has 2 aromatic rings. The molecule has 0 aliphatic carbocycles. The molecular weight excluding hydrogens is 218 g/mol. The largest absolute Gasteiger partial charge is 0.366 e. The summed E-state index contributed by atoms with van der Waals surface area (Å²) in [6, 6.07) is 9.46. The number of aromatic nitrogens is 3. The van der Waals surface area contributed by atoms with Crippen LogP contribution in [-0.2, 0) is 11.5 Å². The minimum Gasteiger partial charge on any atom is -0.359 e. The van der Waals surface area contributed by atoms with Gasteiger partial charge in [-0.1, -0.05) is 30.3 Å². The maximum Gasteiger partial charge on any atom is 0.366 e. The molecule has 0 fully saturated rings. The average molecular weight is 231 g/mol. The standard InChI is InChI=1S/C12H13N3O2/c1-2-17-9-15-12(16)14-11(8-13-15)10-6-4-3-5-7-10/h3-8H,2,9H2,1H3. The molecule has 2 rings (SSSR count). The fraction of sp³-hybridized carbons (Fsp3) is 0.250. The van der Waals surface area contributed by atoms with Crippen LogP contribution < -0.4 is 5.69 Å². The van der Waals surface area contributed by atoms with Gasteiger partial charge in [0.05, 0.1) is 11.9 Å². The van der Waals surface area contributed by atoms with Crippen molar-refractivity contribution in [1.29, 1.82) is 0 Å². The van der Waals surface area contributed by atoms with Crippen molar-refractivity contribution in [3.05, 3.63) is 47.0 Å². The van der Waals surface area contributed by atoms with Crippen molar-refractivity contribution in [2.24, 2.45) is 0 Å². The smallest absolute Gasteiger partial charge is 0.359 e. The first-order valence-corrected chi connectivity index (χ1v) is 5.38. The molecule has 5 heteroatoms. The van der Waals surface area contributed by atoms with Gasteiger partial charge in [-0.25, -0.2) is 4.79 Å². The molecular formula is C12H13N3O2. The predicted octanol–water partition coefficient (Wildman–Crippen LogP) is 1.30. The van der Waals surface area contributed by atoms with Gasteiger partial charge in [-0.15, -0.1) is 0 Å². The van der Waals surface area contributed by atoms with Crippen LogP contribution in [-0.4, -0.2) is 21.4 Å². The van der Waals surface area contributed by atoms with Gasteiger partial charge in [-0.3, -0.25) is 0 Å². The Bertz CT molecular complexity index is 537. The van der Waals surface area contributed by atoms with E-state index in [4.69, 9.17) is 4.74 Å². The zero-order valence-corrected chi connectivity index (χ0v) is 9.54. The number of rotatable bonds is 4. The molecule has 0 aliphatic heterocycles. The molecule has 0 radical (unpaired) electrons. The summed E-state index contributed by atoms with van der Waals surface area (Å²) in [4.78, 5) is 15.6. The third-order valence-electron chi connectivity index (χ3n) is 2.24. The van der Waals surface area contributed by atoms with Crippen molar-refractivity contribution >= 4 is 0 Å². The van der Waals surface area contributed by atoms with Crippen LogP contribution in [0.2, 0.25) is 0 Å². The SMILES string of the molecule is CCOCn1ncc(-c2ccccc2)nc1=O. The highest BCUT2D eigenvalue weighted by Crippen LogP contribution is 2.12. The second-order valence-electron chi connectivity index (χ2n) is 3.41. The van der Waals surface area contributed by atoms with Gasteiger partial charge in [0.25, 0.3) is 0 Å². The van der Waals surface area contributed by atoms with Gasteiger partial charge in [0, 0.05) is 12.2 Å². The van der Waals surface area contributed by atoms with E-state index < -0.39 is 5.69 Å². The van der Waals surface area contributed by atoms with E-state index in [1.807, 2.05) is 37.3 Å². The minimum absolute atomic E-state index is 0.136. The quantitative estimate of drug-likeness (QED) is 0.795. The molecule has 0 aliphatic rings. The molecule has 0 bridgehead atoms. The van der Waals surface area contributed by atoms with Gasteiger partial charge in [0.1, 0.15) is 6.73 Å². The summed E-state index contributed by atoms with van der Waals surface area (Å²) in [5, 5.41) is 4.01. The van der Waals surface area contributed by atoms with Crippen molar-refractivity contribution in [3.8, 4) is 11.3 Å². The summed E-state index contributed by atoms with van der Waals surface area (Å²) in [6.45, 7) is 2.53.